The molecule has 0 saturated carbocycles. The SMILES string of the molecule is C[C@@H](O)COc1ccc(C#N)c(F)c1. The second-order valence-corrected chi connectivity index (χ2v) is 2.91. The predicted octanol–water partition coefficient (Wildman–Crippen LogP) is 1.46. The topological polar surface area (TPSA) is 53.2 Å². The maximum absolute atomic E-state index is 13.0. The number of rotatable bonds is 3. The lowest BCUT2D eigenvalue weighted by Crippen LogP contribution is -2.12. The first-order valence-corrected chi connectivity index (χ1v) is 4.14. The van der Waals surface area contributed by atoms with Crippen LogP contribution in [0.4, 0.5) is 4.39 Å². The van der Waals surface area contributed by atoms with E-state index < -0.39 is 11.9 Å². The molecule has 1 aromatic carbocycles. The summed E-state index contributed by atoms with van der Waals surface area (Å²) in [6, 6.07) is 5.66. The molecule has 4 heteroatoms. The Morgan fingerprint density at radius 2 is 2.36 bits per heavy atom. The van der Waals surface area contributed by atoms with E-state index >= 15 is 0 Å². The molecule has 0 saturated heterocycles. The number of nitrogens with zero attached hydrogens (tertiary/aromatic N) is 1. The van der Waals surface area contributed by atoms with Gasteiger partial charge in [0.25, 0.3) is 0 Å². The fourth-order valence-electron chi connectivity index (χ4n) is 0.893. The molecule has 3 nitrogen and oxygen atoms in total. The zero-order chi connectivity index (χ0) is 10.6. The Hall–Kier alpha value is -1.60. The highest BCUT2D eigenvalue weighted by Gasteiger charge is 2.04. The van der Waals surface area contributed by atoms with E-state index in [-0.39, 0.29) is 12.2 Å². The number of hydrogen-bond acceptors (Lipinski definition) is 3. The van der Waals surface area contributed by atoms with Crippen LogP contribution in [0.25, 0.3) is 0 Å². The number of benzene rings is 1. The number of hydrogen-bond donors (Lipinski definition) is 1. The summed E-state index contributed by atoms with van der Waals surface area (Å²) in [4.78, 5) is 0. The van der Waals surface area contributed by atoms with Crippen LogP contribution in [0.2, 0.25) is 0 Å². The molecule has 0 aromatic heterocycles. The molecule has 0 aliphatic rings. The van der Waals surface area contributed by atoms with Crippen LogP contribution in [0.1, 0.15) is 12.5 Å². The number of halogens is 1. The maximum atomic E-state index is 13.0. The van der Waals surface area contributed by atoms with Gasteiger partial charge in [0.15, 0.2) is 0 Å². The summed E-state index contributed by atoms with van der Waals surface area (Å²) in [5.41, 5.74) is -0.0191. The van der Waals surface area contributed by atoms with Crippen molar-refractivity contribution < 1.29 is 14.2 Å². The van der Waals surface area contributed by atoms with E-state index in [1.54, 1.807) is 13.0 Å². The quantitative estimate of drug-likeness (QED) is 0.794. The Labute approximate surface area is 81.4 Å². The molecule has 1 aromatic rings. The van der Waals surface area contributed by atoms with E-state index in [2.05, 4.69) is 0 Å². The Morgan fingerprint density at radius 1 is 1.64 bits per heavy atom. The minimum Gasteiger partial charge on any atom is -0.491 e. The van der Waals surface area contributed by atoms with Gasteiger partial charge < -0.3 is 9.84 Å². The maximum Gasteiger partial charge on any atom is 0.144 e. The number of ether oxygens (including phenoxy) is 1. The average molecular weight is 195 g/mol. The lowest BCUT2D eigenvalue weighted by molar-refractivity contribution is 0.122. The van der Waals surface area contributed by atoms with Crippen molar-refractivity contribution in [1.29, 1.82) is 5.26 Å². The fourth-order valence-corrected chi connectivity index (χ4v) is 0.893. The highest BCUT2D eigenvalue weighted by atomic mass is 19.1. The Balaban J connectivity index is 2.73. The van der Waals surface area contributed by atoms with Crippen LogP contribution >= 0.6 is 0 Å². The summed E-state index contributed by atoms with van der Waals surface area (Å²) >= 11 is 0. The van der Waals surface area contributed by atoms with Crippen LogP contribution in [-0.2, 0) is 0 Å². The summed E-state index contributed by atoms with van der Waals surface area (Å²) in [6.07, 6.45) is -0.603. The standard InChI is InChI=1S/C10H10FNO2/c1-7(13)6-14-9-3-2-8(5-12)10(11)4-9/h2-4,7,13H,6H2,1H3/t7-/m1/s1. The molecule has 0 amide bonds. The molecular formula is C10H10FNO2. The van der Waals surface area contributed by atoms with Crippen molar-refractivity contribution in [3.8, 4) is 11.8 Å². The molecule has 1 N–H and O–H groups in total. The average Bonchev–Trinajstić information content (AvgIpc) is 2.15. The Kier molecular flexibility index (Phi) is 3.43. The van der Waals surface area contributed by atoms with Crippen molar-refractivity contribution in [2.24, 2.45) is 0 Å². The molecular weight excluding hydrogens is 185 g/mol. The monoisotopic (exact) mass is 195 g/mol. The van der Waals surface area contributed by atoms with Crippen molar-refractivity contribution >= 4 is 0 Å². The number of aliphatic hydroxyl groups excluding tert-OH is 1. The van der Waals surface area contributed by atoms with Gasteiger partial charge in [-0.3, -0.25) is 0 Å². The lowest BCUT2D eigenvalue weighted by atomic mass is 10.2. The van der Waals surface area contributed by atoms with Crippen LogP contribution in [-0.4, -0.2) is 17.8 Å². The third-order valence-electron chi connectivity index (χ3n) is 1.55. The Morgan fingerprint density at radius 3 is 2.86 bits per heavy atom. The van der Waals surface area contributed by atoms with Gasteiger partial charge in [-0.25, -0.2) is 4.39 Å². The van der Waals surface area contributed by atoms with Gasteiger partial charge in [0.05, 0.1) is 11.7 Å². The van der Waals surface area contributed by atoms with Gasteiger partial charge in [-0.15, -0.1) is 0 Å². The van der Waals surface area contributed by atoms with E-state index in [0.717, 1.165) is 6.07 Å². The highest BCUT2D eigenvalue weighted by molar-refractivity contribution is 5.36. The molecule has 14 heavy (non-hydrogen) atoms. The zero-order valence-corrected chi connectivity index (χ0v) is 7.70. The van der Waals surface area contributed by atoms with Crippen molar-refractivity contribution in [3.05, 3.63) is 29.6 Å². The van der Waals surface area contributed by atoms with Gasteiger partial charge in [-0.2, -0.15) is 5.26 Å². The number of nitriles is 1. The highest BCUT2D eigenvalue weighted by Crippen LogP contribution is 2.15. The molecule has 0 spiro atoms. The first-order valence-electron chi connectivity index (χ1n) is 4.14. The van der Waals surface area contributed by atoms with Gasteiger partial charge in [0.2, 0.25) is 0 Å². The van der Waals surface area contributed by atoms with Gasteiger partial charge in [-0.1, -0.05) is 0 Å². The second-order valence-electron chi connectivity index (χ2n) is 2.91. The van der Waals surface area contributed by atoms with Crippen molar-refractivity contribution in [2.45, 2.75) is 13.0 Å². The van der Waals surface area contributed by atoms with Gasteiger partial charge >= 0.3 is 0 Å². The summed E-state index contributed by atoms with van der Waals surface area (Å²) in [5.74, 6) is -0.307. The molecule has 0 radical (unpaired) electrons. The van der Waals surface area contributed by atoms with E-state index in [0.29, 0.717) is 5.75 Å². The molecule has 0 aliphatic carbocycles. The molecule has 0 unspecified atom stereocenters. The molecule has 74 valence electrons. The molecule has 1 rings (SSSR count). The van der Waals surface area contributed by atoms with Crippen molar-refractivity contribution in [3.63, 3.8) is 0 Å². The molecule has 1 atom stereocenters. The van der Waals surface area contributed by atoms with E-state index in [1.165, 1.54) is 12.1 Å². The fraction of sp³-hybridized carbons (Fsp3) is 0.300. The minimum atomic E-state index is -0.615. The van der Waals surface area contributed by atoms with Crippen LogP contribution in [0.15, 0.2) is 18.2 Å². The third kappa shape index (κ3) is 2.71. The van der Waals surface area contributed by atoms with E-state index in [4.69, 9.17) is 15.1 Å². The van der Waals surface area contributed by atoms with Gasteiger partial charge in [0, 0.05) is 6.07 Å². The second kappa shape index (κ2) is 4.58. The zero-order valence-electron chi connectivity index (χ0n) is 7.70. The first-order chi connectivity index (χ1) is 6.63. The van der Waals surface area contributed by atoms with E-state index in [9.17, 15) is 4.39 Å². The molecule has 0 fully saturated rings. The van der Waals surface area contributed by atoms with Crippen LogP contribution in [0, 0.1) is 17.1 Å². The molecule has 0 heterocycles. The normalized spacial score (nSPS) is 11.9. The van der Waals surface area contributed by atoms with Gasteiger partial charge in [-0.05, 0) is 19.1 Å². The minimum absolute atomic E-state index is 0.0191. The first kappa shape index (κ1) is 10.5. The van der Waals surface area contributed by atoms with Crippen molar-refractivity contribution in [2.75, 3.05) is 6.61 Å². The smallest absolute Gasteiger partial charge is 0.144 e. The predicted molar refractivity (Wildman–Crippen MR) is 48.3 cm³/mol. The van der Waals surface area contributed by atoms with Crippen LogP contribution in [0.3, 0.4) is 0 Å². The van der Waals surface area contributed by atoms with E-state index in [1.807, 2.05) is 0 Å². The molecule has 0 bridgehead atoms. The number of aliphatic hydroxyl groups is 1. The Bertz CT molecular complexity index is 358. The molecule has 0 aliphatic heterocycles. The van der Waals surface area contributed by atoms with Crippen LogP contribution < -0.4 is 4.74 Å². The summed E-state index contributed by atoms with van der Waals surface area (Å²) < 4.78 is 18.1. The van der Waals surface area contributed by atoms with Crippen molar-refractivity contribution in [1.82, 2.24) is 0 Å². The largest absolute Gasteiger partial charge is 0.491 e. The van der Waals surface area contributed by atoms with Crippen LogP contribution in [0.5, 0.6) is 5.75 Å². The third-order valence-corrected chi connectivity index (χ3v) is 1.55. The summed E-state index contributed by atoms with van der Waals surface area (Å²) in [7, 11) is 0. The summed E-state index contributed by atoms with van der Waals surface area (Å²) in [6.45, 7) is 1.67. The van der Waals surface area contributed by atoms with Gasteiger partial charge in [0.1, 0.15) is 24.2 Å². The lowest BCUT2D eigenvalue weighted by Gasteiger charge is -2.07. The summed E-state index contributed by atoms with van der Waals surface area (Å²) in [5, 5.41) is 17.4.